The van der Waals surface area contributed by atoms with Gasteiger partial charge in [0.1, 0.15) is 5.60 Å². The molecule has 24 heavy (non-hydrogen) atoms. The van der Waals surface area contributed by atoms with Crippen molar-refractivity contribution in [2.24, 2.45) is 0 Å². The summed E-state index contributed by atoms with van der Waals surface area (Å²) < 4.78 is 5.55. The van der Waals surface area contributed by atoms with E-state index in [1.54, 1.807) is 29.8 Å². The Hall–Kier alpha value is -1.28. The topological polar surface area (TPSA) is 63.2 Å². The highest BCUT2D eigenvalue weighted by Gasteiger charge is 2.39. The molecule has 0 saturated carbocycles. The molecule has 0 radical (unpaired) electrons. The first-order valence-corrected chi connectivity index (χ1v) is 9.88. The van der Waals surface area contributed by atoms with E-state index in [2.05, 4.69) is 33.1 Å². The van der Waals surface area contributed by atoms with E-state index in [0.717, 1.165) is 43.1 Å². The van der Waals surface area contributed by atoms with E-state index in [1.807, 2.05) is 6.92 Å². The number of aromatic nitrogens is 1. The van der Waals surface area contributed by atoms with Gasteiger partial charge in [-0.2, -0.15) is 0 Å². The van der Waals surface area contributed by atoms with Crippen LogP contribution in [0.1, 0.15) is 22.7 Å². The van der Waals surface area contributed by atoms with E-state index in [1.165, 1.54) is 9.75 Å². The molecular formula is C17H23N3O2S2. The van der Waals surface area contributed by atoms with Crippen LogP contribution in [-0.2, 0) is 16.0 Å². The normalized spacial score (nSPS) is 16.9. The van der Waals surface area contributed by atoms with Crippen LogP contribution in [0.3, 0.4) is 0 Å². The zero-order chi connectivity index (χ0) is 17.0. The first-order chi connectivity index (χ1) is 11.6. The number of piperidine rings is 1. The third-order valence-corrected chi connectivity index (χ3v) is 6.35. The molecule has 1 amide bonds. The molecule has 0 aliphatic carbocycles. The second-order valence-corrected chi connectivity index (χ2v) is 8.20. The van der Waals surface area contributed by atoms with E-state index in [-0.39, 0.29) is 5.91 Å². The fourth-order valence-electron chi connectivity index (χ4n) is 2.94. The summed E-state index contributed by atoms with van der Waals surface area (Å²) in [5.74, 6) is 0.0124. The number of ether oxygens (including phenoxy) is 1. The third kappa shape index (κ3) is 3.85. The molecule has 0 bridgehead atoms. The quantitative estimate of drug-likeness (QED) is 0.826. The summed E-state index contributed by atoms with van der Waals surface area (Å²) in [7, 11) is 1.63. The number of carbonyl (C=O) groups is 1. The Bertz CT molecular complexity index is 690. The number of nitrogens with zero attached hydrogens (tertiary/aromatic N) is 1. The zero-order valence-electron chi connectivity index (χ0n) is 14.1. The maximum absolute atomic E-state index is 12.5. The predicted molar refractivity (Wildman–Crippen MR) is 98.7 cm³/mol. The van der Waals surface area contributed by atoms with Crippen molar-refractivity contribution >= 4 is 28.6 Å². The summed E-state index contributed by atoms with van der Waals surface area (Å²) in [4.78, 5) is 19.5. The lowest BCUT2D eigenvalue weighted by molar-refractivity contribution is -0.146. The maximum atomic E-state index is 12.5. The number of aryl methyl sites for hydroxylation is 1. The average Bonchev–Trinajstić information content (AvgIpc) is 3.24. The molecule has 1 aliphatic heterocycles. The van der Waals surface area contributed by atoms with Crippen molar-refractivity contribution in [3.63, 3.8) is 0 Å². The molecule has 130 valence electrons. The average molecular weight is 366 g/mol. The van der Waals surface area contributed by atoms with E-state index in [4.69, 9.17) is 4.74 Å². The number of hydrogen-bond donors (Lipinski definition) is 2. The summed E-state index contributed by atoms with van der Waals surface area (Å²) in [5, 5.41) is 9.49. The predicted octanol–water partition coefficient (Wildman–Crippen LogP) is 2.61. The Morgan fingerprint density at radius 2 is 2.21 bits per heavy atom. The Kier molecular flexibility index (Phi) is 5.65. The minimum Gasteiger partial charge on any atom is -0.368 e. The van der Waals surface area contributed by atoms with Gasteiger partial charge in [0.05, 0.1) is 15.6 Å². The molecular weight excluding hydrogens is 342 g/mol. The Morgan fingerprint density at radius 3 is 2.88 bits per heavy atom. The summed E-state index contributed by atoms with van der Waals surface area (Å²) in [5.41, 5.74) is 0.384. The molecule has 1 saturated heterocycles. The first kappa shape index (κ1) is 17.5. The van der Waals surface area contributed by atoms with Crippen LogP contribution in [0.15, 0.2) is 17.5 Å². The molecule has 0 spiro atoms. The number of rotatable bonds is 6. The fraction of sp³-hybridized carbons (Fsp3) is 0.529. The fourth-order valence-corrected chi connectivity index (χ4v) is 4.60. The van der Waals surface area contributed by atoms with E-state index < -0.39 is 5.60 Å². The molecule has 2 N–H and O–H groups in total. The van der Waals surface area contributed by atoms with Crippen LogP contribution < -0.4 is 10.6 Å². The molecule has 1 fully saturated rings. The van der Waals surface area contributed by atoms with Crippen LogP contribution in [0.4, 0.5) is 0 Å². The van der Waals surface area contributed by atoms with Gasteiger partial charge < -0.3 is 15.4 Å². The van der Waals surface area contributed by atoms with Gasteiger partial charge in [-0.05, 0) is 51.4 Å². The third-order valence-electron chi connectivity index (χ3n) is 4.41. The Morgan fingerprint density at radius 1 is 1.42 bits per heavy atom. The summed E-state index contributed by atoms with van der Waals surface area (Å²) in [6.07, 6.45) is 2.28. The summed E-state index contributed by atoms with van der Waals surface area (Å²) in [6, 6.07) is 4.23. The van der Waals surface area contributed by atoms with Crippen LogP contribution in [0.2, 0.25) is 0 Å². The first-order valence-electron chi connectivity index (χ1n) is 8.18. The number of thiazole rings is 1. The van der Waals surface area contributed by atoms with Gasteiger partial charge in [0, 0.05) is 23.9 Å². The monoisotopic (exact) mass is 365 g/mol. The molecule has 2 aromatic rings. The Balaban J connectivity index is 1.53. The van der Waals surface area contributed by atoms with Crippen molar-refractivity contribution in [1.29, 1.82) is 0 Å². The molecule has 3 heterocycles. The molecule has 2 aromatic heterocycles. The lowest BCUT2D eigenvalue weighted by Gasteiger charge is -2.34. The number of amides is 1. The number of methoxy groups -OCH3 is 1. The highest BCUT2D eigenvalue weighted by atomic mass is 32.1. The van der Waals surface area contributed by atoms with Crippen LogP contribution in [-0.4, -0.2) is 43.2 Å². The van der Waals surface area contributed by atoms with Crippen molar-refractivity contribution < 1.29 is 9.53 Å². The van der Waals surface area contributed by atoms with Gasteiger partial charge in [-0.1, -0.05) is 0 Å². The van der Waals surface area contributed by atoms with Crippen molar-refractivity contribution in [1.82, 2.24) is 15.6 Å². The van der Waals surface area contributed by atoms with Gasteiger partial charge in [-0.15, -0.1) is 22.7 Å². The molecule has 0 atom stereocenters. The summed E-state index contributed by atoms with van der Waals surface area (Å²) in [6.45, 7) is 4.29. The molecule has 3 rings (SSSR count). The lowest BCUT2D eigenvalue weighted by atomic mass is 9.91. The van der Waals surface area contributed by atoms with Gasteiger partial charge in [0.2, 0.25) is 0 Å². The molecule has 0 aromatic carbocycles. The van der Waals surface area contributed by atoms with Crippen LogP contribution in [0.25, 0.3) is 10.6 Å². The lowest BCUT2D eigenvalue weighted by Crippen LogP contribution is -2.54. The Labute approximate surface area is 150 Å². The van der Waals surface area contributed by atoms with E-state index >= 15 is 0 Å². The minimum atomic E-state index is -0.663. The second kappa shape index (κ2) is 7.74. The molecule has 5 nitrogen and oxygen atoms in total. The molecule has 1 aliphatic rings. The molecule has 7 heteroatoms. The second-order valence-electron chi connectivity index (χ2n) is 5.97. The highest BCUT2D eigenvalue weighted by Crippen LogP contribution is 2.29. The number of thiophene rings is 1. The van der Waals surface area contributed by atoms with Gasteiger partial charge in [0.25, 0.3) is 5.91 Å². The number of carbonyl (C=O) groups excluding carboxylic acids is 1. The van der Waals surface area contributed by atoms with Crippen LogP contribution in [0.5, 0.6) is 0 Å². The van der Waals surface area contributed by atoms with Crippen molar-refractivity contribution in [3.05, 3.63) is 27.4 Å². The van der Waals surface area contributed by atoms with Gasteiger partial charge in [0.15, 0.2) is 0 Å². The number of hydrogen-bond acceptors (Lipinski definition) is 6. The van der Waals surface area contributed by atoms with Gasteiger partial charge in [-0.3, -0.25) is 4.79 Å². The van der Waals surface area contributed by atoms with Gasteiger partial charge in [-0.25, -0.2) is 4.98 Å². The number of nitrogens with one attached hydrogen (secondary N) is 2. The minimum absolute atomic E-state index is 0.0124. The van der Waals surface area contributed by atoms with Crippen LogP contribution >= 0.6 is 22.7 Å². The van der Waals surface area contributed by atoms with Crippen molar-refractivity contribution in [3.8, 4) is 10.6 Å². The maximum Gasteiger partial charge on any atom is 0.252 e. The smallest absolute Gasteiger partial charge is 0.252 e. The van der Waals surface area contributed by atoms with E-state index in [9.17, 15) is 4.79 Å². The standard InChI is InChI=1S/C17H23N3O2S2/c1-12-20-14(11-23-12)15-4-3-13(24-15)5-8-19-16(21)17(22-2)6-9-18-10-7-17/h3-4,11,18H,5-10H2,1-2H3,(H,19,21). The SMILES string of the molecule is COC1(C(=O)NCCc2ccc(-c3csc(C)n3)s2)CCNCC1. The van der Waals surface area contributed by atoms with Crippen molar-refractivity contribution in [2.45, 2.75) is 31.8 Å². The molecule has 0 unspecified atom stereocenters. The zero-order valence-corrected chi connectivity index (χ0v) is 15.7. The largest absolute Gasteiger partial charge is 0.368 e. The van der Waals surface area contributed by atoms with Crippen molar-refractivity contribution in [2.75, 3.05) is 26.7 Å². The van der Waals surface area contributed by atoms with E-state index in [0.29, 0.717) is 6.54 Å². The van der Waals surface area contributed by atoms with Crippen LogP contribution in [0, 0.1) is 6.92 Å². The summed E-state index contributed by atoms with van der Waals surface area (Å²) >= 11 is 3.41. The highest BCUT2D eigenvalue weighted by molar-refractivity contribution is 7.16. The van der Waals surface area contributed by atoms with Gasteiger partial charge >= 0.3 is 0 Å².